The highest BCUT2D eigenvalue weighted by molar-refractivity contribution is 5.99. The summed E-state index contributed by atoms with van der Waals surface area (Å²) in [5, 5.41) is 3.04. The summed E-state index contributed by atoms with van der Waals surface area (Å²) in [6.07, 6.45) is 8.94. The second kappa shape index (κ2) is 3.99. The number of carbonyl (C=O) groups excluding carboxylic acids is 2. The quantitative estimate of drug-likeness (QED) is 0.855. The summed E-state index contributed by atoms with van der Waals surface area (Å²) in [5.74, 6) is 1.08. The van der Waals surface area contributed by atoms with Gasteiger partial charge in [0.05, 0.1) is 0 Å². The van der Waals surface area contributed by atoms with E-state index in [2.05, 4.69) is 5.32 Å². The van der Waals surface area contributed by atoms with Crippen LogP contribution in [0, 0.1) is 11.3 Å². The molecule has 2 amide bonds. The molecule has 1 aliphatic heterocycles. The van der Waals surface area contributed by atoms with E-state index in [0.29, 0.717) is 5.41 Å². The minimum absolute atomic E-state index is 0.0538. The molecule has 4 heteroatoms. The van der Waals surface area contributed by atoms with Crippen LogP contribution in [0.1, 0.15) is 58.3 Å². The third-order valence-electron chi connectivity index (χ3n) is 6.16. The second-order valence-corrected chi connectivity index (χ2v) is 7.52. The summed E-state index contributed by atoms with van der Waals surface area (Å²) in [5.41, 5.74) is -0.176. The molecule has 4 nitrogen and oxygen atoms in total. The highest BCUT2D eigenvalue weighted by atomic mass is 16.2. The third-order valence-corrected chi connectivity index (χ3v) is 6.16. The van der Waals surface area contributed by atoms with Crippen molar-refractivity contribution in [1.82, 2.24) is 10.2 Å². The Morgan fingerprint density at radius 1 is 1.15 bits per heavy atom. The van der Waals surface area contributed by atoms with Crippen molar-refractivity contribution >= 4 is 11.8 Å². The monoisotopic (exact) mass is 276 g/mol. The van der Waals surface area contributed by atoms with Gasteiger partial charge in [-0.05, 0) is 56.8 Å². The molecule has 1 N–H and O–H groups in total. The summed E-state index contributed by atoms with van der Waals surface area (Å²) < 4.78 is 0. The summed E-state index contributed by atoms with van der Waals surface area (Å²) >= 11 is 0. The normalized spacial score (nSPS) is 34.5. The summed E-state index contributed by atoms with van der Waals surface area (Å²) in [7, 11) is 0. The third kappa shape index (κ3) is 1.73. The lowest BCUT2D eigenvalue weighted by Crippen LogP contribution is -2.69. The van der Waals surface area contributed by atoms with E-state index in [4.69, 9.17) is 0 Å². The molecule has 4 fully saturated rings. The van der Waals surface area contributed by atoms with E-state index in [1.165, 1.54) is 25.7 Å². The number of amides is 2. The Labute approximate surface area is 120 Å². The molecule has 20 heavy (non-hydrogen) atoms. The molecule has 0 bridgehead atoms. The SMILES string of the molecule is CC1C(=O)NC2(CCCC2)C(=O)N1CC1(C2CC2)CC1. The molecule has 0 aromatic rings. The van der Waals surface area contributed by atoms with Crippen LogP contribution in [0.4, 0.5) is 0 Å². The number of rotatable bonds is 3. The fourth-order valence-corrected chi connectivity index (χ4v) is 4.40. The zero-order valence-electron chi connectivity index (χ0n) is 12.3. The van der Waals surface area contributed by atoms with Crippen LogP contribution >= 0.6 is 0 Å². The number of piperazine rings is 1. The molecule has 3 saturated carbocycles. The zero-order valence-corrected chi connectivity index (χ0v) is 12.3. The minimum Gasteiger partial charge on any atom is -0.340 e. The van der Waals surface area contributed by atoms with E-state index in [1.807, 2.05) is 11.8 Å². The molecular weight excluding hydrogens is 252 g/mol. The van der Waals surface area contributed by atoms with Gasteiger partial charge in [0.15, 0.2) is 0 Å². The van der Waals surface area contributed by atoms with Crippen LogP contribution in [-0.4, -0.2) is 34.8 Å². The molecule has 1 unspecified atom stereocenters. The lowest BCUT2D eigenvalue weighted by atomic mass is 9.89. The van der Waals surface area contributed by atoms with Gasteiger partial charge in [-0.1, -0.05) is 12.8 Å². The van der Waals surface area contributed by atoms with Gasteiger partial charge in [0.1, 0.15) is 11.6 Å². The first-order valence-electron chi connectivity index (χ1n) is 8.20. The van der Waals surface area contributed by atoms with Gasteiger partial charge in [-0.2, -0.15) is 0 Å². The molecule has 1 spiro atoms. The van der Waals surface area contributed by atoms with Crippen LogP contribution in [0.3, 0.4) is 0 Å². The highest BCUT2D eigenvalue weighted by Gasteiger charge is 2.58. The van der Waals surface area contributed by atoms with Gasteiger partial charge in [0.25, 0.3) is 0 Å². The Hall–Kier alpha value is -1.06. The number of carbonyl (C=O) groups is 2. The van der Waals surface area contributed by atoms with Crippen molar-refractivity contribution in [1.29, 1.82) is 0 Å². The van der Waals surface area contributed by atoms with Crippen molar-refractivity contribution in [2.75, 3.05) is 6.54 Å². The van der Waals surface area contributed by atoms with E-state index in [0.717, 1.165) is 38.1 Å². The highest BCUT2D eigenvalue weighted by Crippen LogP contribution is 2.61. The average Bonchev–Trinajstić information content (AvgIpc) is 3.33. The number of nitrogens with one attached hydrogen (secondary N) is 1. The van der Waals surface area contributed by atoms with Gasteiger partial charge < -0.3 is 10.2 Å². The fraction of sp³-hybridized carbons (Fsp3) is 0.875. The standard InChI is InChI=1S/C16H24N2O2/c1-11-13(19)17-16(6-2-3-7-16)14(20)18(11)10-15(8-9-15)12-4-5-12/h11-12H,2-10H2,1H3,(H,17,19). The Bertz CT molecular complexity index is 459. The number of hydrogen-bond acceptors (Lipinski definition) is 2. The molecule has 4 rings (SSSR count). The predicted molar refractivity (Wildman–Crippen MR) is 74.9 cm³/mol. The first-order chi connectivity index (χ1) is 9.56. The van der Waals surface area contributed by atoms with Crippen molar-refractivity contribution in [2.45, 2.75) is 69.9 Å². The summed E-state index contributed by atoms with van der Waals surface area (Å²) in [4.78, 5) is 27.2. The summed E-state index contributed by atoms with van der Waals surface area (Å²) in [6.45, 7) is 2.71. The van der Waals surface area contributed by atoms with Crippen LogP contribution in [0.25, 0.3) is 0 Å². The molecule has 0 aromatic carbocycles. The molecule has 0 aromatic heterocycles. The zero-order chi connectivity index (χ0) is 14.0. The maximum Gasteiger partial charge on any atom is 0.249 e. The van der Waals surface area contributed by atoms with Gasteiger partial charge in [-0.25, -0.2) is 0 Å². The van der Waals surface area contributed by atoms with Crippen LogP contribution in [0.5, 0.6) is 0 Å². The molecule has 1 heterocycles. The fourth-order valence-electron chi connectivity index (χ4n) is 4.40. The van der Waals surface area contributed by atoms with Gasteiger partial charge in [0.2, 0.25) is 11.8 Å². The van der Waals surface area contributed by atoms with E-state index >= 15 is 0 Å². The van der Waals surface area contributed by atoms with Crippen molar-refractivity contribution in [2.24, 2.45) is 11.3 Å². The van der Waals surface area contributed by atoms with E-state index in [9.17, 15) is 9.59 Å². The largest absolute Gasteiger partial charge is 0.340 e. The van der Waals surface area contributed by atoms with Crippen LogP contribution in [-0.2, 0) is 9.59 Å². The average molecular weight is 276 g/mol. The van der Waals surface area contributed by atoms with Crippen LogP contribution < -0.4 is 5.32 Å². The van der Waals surface area contributed by atoms with Gasteiger partial charge in [0, 0.05) is 6.54 Å². The van der Waals surface area contributed by atoms with E-state index in [1.54, 1.807) is 0 Å². The van der Waals surface area contributed by atoms with E-state index < -0.39 is 5.54 Å². The first-order valence-corrected chi connectivity index (χ1v) is 8.20. The lowest BCUT2D eigenvalue weighted by molar-refractivity contribution is -0.155. The molecule has 1 atom stereocenters. The first kappa shape index (κ1) is 12.7. The van der Waals surface area contributed by atoms with E-state index in [-0.39, 0.29) is 17.9 Å². The van der Waals surface area contributed by atoms with Crippen LogP contribution in [0.15, 0.2) is 0 Å². The maximum absolute atomic E-state index is 13.0. The van der Waals surface area contributed by atoms with Gasteiger partial charge in [-0.15, -0.1) is 0 Å². The predicted octanol–water partition coefficient (Wildman–Crippen LogP) is 1.84. The lowest BCUT2D eigenvalue weighted by Gasteiger charge is -2.44. The number of nitrogens with zero attached hydrogens (tertiary/aromatic N) is 1. The second-order valence-electron chi connectivity index (χ2n) is 7.52. The molecule has 0 radical (unpaired) electrons. The molecule has 1 saturated heterocycles. The maximum atomic E-state index is 13.0. The molecule has 4 aliphatic rings. The Morgan fingerprint density at radius 2 is 1.80 bits per heavy atom. The Morgan fingerprint density at radius 3 is 2.35 bits per heavy atom. The Kier molecular flexibility index (Phi) is 2.52. The molecule has 110 valence electrons. The van der Waals surface area contributed by atoms with Crippen LogP contribution in [0.2, 0.25) is 0 Å². The van der Waals surface area contributed by atoms with Crippen molar-refractivity contribution in [3.8, 4) is 0 Å². The molecular formula is C16H24N2O2. The summed E-state index contributed by atoms with van der Waals surface area (Å²) in [6, 6.07) is -0.287. The smallest absolute Gasteiger partial charge is 0.249 e. The number of hydrogen-bond donors (Lipinski definition) is 1. The van der Waals surface area contributed by atoms with Crippen molar-refractivity contribution in [3.05, 3.63) is 0 Å². The van der Waals surface area contributed by atoms with Crippen molar-refractivity contribution in [3.63, 3.8) is 0 Å². The van der Waals surface area contributed by atoms with Gasteiger partial charge in [-0.3, -0.25) is 9.59 Å². The van der Waals surface area contributed by atoms with Crippen molar-refractivity contribution < 1.29 is 9.59 Å². The van der Waals surface area contributed by atoms with Gasteiger partial charge >= 0.3 is 0 Å². The molecule has 3 aliphatic carbocycles. The minimum atomic E-state index is -0.552. The topological polar surface area (TPSA) is 49.4 Å². The Balaban J connectivity index is 1.59.